The number of nitrogens with one attached hydrogen (secondary N) is 3. The van der Waals surface area contributed by atoms with E-state index in [0.29, 0.717) is 44.5 Å². The number of ether oxygens (including phenoxy) is 2. The molecule has 0 bridgehead atoms. The fourth-order valence-electron chi connectivity index (χ4n) is 4.27. The van der Waals surface area contributed by atoms with Crippen LogP contribution in [0, 0.1) is 6.92 Å². The van der Waals surface area contributed by atoms with Crippen molar-refractivity contribution in [2.45, 2.75) is 6.92 Å². The van der Waals surface area contributed by atoms with Gasteiger partial charge in [0.2, 0.25) is 5.95 Å². The van der Waals surface area contributed by atoms with E-state index in [1.807, 2.05) is 6.07 Å². The number of fused-ring (bicyclic) bond motifs is 2. The lowest BCUT2D eigenvalue weighted by Gasteiger charge is -2.14. The van der Waals surface area contributed by atoms with E-state index in [-0.39, 0.29) is 22.5 Å². The summed E-state index contributed by atoms with van der Waals surface area (Å²) in [4.78, 5) is 50.7. The minimum atomic E-state index is -0.595. The number of pyridine rings is 1. The van der Waals surface area contributed by atoms with Crippen molar-refractivity contribution in [3.05, 3.63) is 93.8 Å². The Balaban J connectivity index is 1.51. The number of aromatic amines is 1. The van der Waals surface area contributed by atoms with Crippen LogP contribution in [0.25, 0.3) is 33.1 Å². The number of H-pyrrole nitrogens is 1. The molecule has 0 aliphatic carbocycles. The molecule has 0 saturated carbocycles. The first kappa shape index (κ1) is 24.4. The molecule has 38 heavy (non-hydrogen) atoms. The van der Waals surface area contributed by atoms with Gasteiger partial charge >= 0.3 is 5.97 Å². The molecule has 0 atom stereocenters. The van der Waals surface area contributed by atoms with E-state index in [9.17, 15) is 14.4 Å². The second-order valence-electron chi connectivity index (χ2n) is 8.39. The Bertz CT molecular complexity index is 1780. The molecule has 10 nitrogen and oxygen atoms in total. The molecule has 190 valence electrons. The van der Waals surface area contributed by atoms with Crippen molar-refractivity contribution in [2.75, 3.05) is 19.6 Å². The zero-order valence-corrected chi connectivity index (χ0v) is 20.8. The van der Waals surface area contributed by atoms with Crippen LogP contribution in [0.1, 0.15) is 26.4 Å². The van der Waals surface area contributed by atoms with Gasteiger partial charge in [0.15, 0.2) is 5.43 Å². The molecule has 0 spiro atoms. The number of benzene rings is 3. The van der Waals surface area contributed by atoms with Crippen molar-refractivity contribution in [2.24, 2.45) is 0 Å². The molecule has 0 aliphatic rings. The standard InChI is InChI=1S/C28H23N5O5/c1-15-22(27(36)38-3)23(16-8-6-9-17(14-16)37-2)31-28(29-15)33-32-26(35)20-12-7-11-19-24(20)30-21-13-5-4-10-18(21)25(19)34/h4-14H,1-3H3,(H,30,34)(H,32,35)(H,29,31,33). The van der Waals surface area contributed by atoms with E-state index in [1.165, 1.54) is 14.2 Å². The lowest BCUT2D eigenvalue weighted by molar-refractivity contribution is 0.0599. The van der Waals surface area contributed by atoms with E-state index < -0.39 is 11.9 Å². The topological polar surface area (TPSA) is 135 Å². The first-order chi connectivity index (χ1) is 18.4. The summed E-state index contributed by atoms with van der Waals surface area (Å²) in [6.07, 6.45) is 0. The molecule has 0 unspecified atom stereocenters. The minimum absolute atomic E-state index is 0.0560. The Morgan fingerprint density at radius 3 is 2.47 bits per heavy atom. The third-order valence-electron chi connectivity index (χ3n) is 6.10. The fourth-order valence-corrected chi connectivity index (χ4v) is 4.27. The number of hydrogen-bond acceptors (Lipinski definition) is 8. The van der Waals surface area contributed by atoms with Crippen molar-refractivity contribution in [1.29, 1.82) is 0 Å². The quantitative estimate of drug-likeness (QED) is 0.178. The van der Waals surface area contributed by atoms with Gasteiger partial charge in [0.25, 0.3) is 5.91 Å². The SMILES string of the molecule is COC(=O)c1c(C)nc(NNC(=O)c2cccc3c(=O)c4ccccc4[nH]c23)nc1-c1cccc(OC)c1. The minimum Gasteiger partial charge on any atom is -0.497 e. The molecular weight excluding hydrogens is 486 g/mol. The number of aryl methyl sites for hydroxylation is 1. The highest BCUT2D eigenvalue weighted by molar-refractivity contribution is 6.08. The molecule has 5 rings (SSSR count). The maximum absolute atomic E-state index is 13.2. The van der Waals surface area contributed by atoms with E-state index in [0.717, 1.165) is 0 Å². The van der Waals surface area contributed by atoms with Gasteiger partial charge in [0.1, 0.15) is 11.3 Å². The average molecular weight is 510 g/mol. The summed E-state index contributed by atoms with van der Waals surface area (Å²) < 4.78 is 10.2. The molecule has 0 aliphatic heterocycles. The summed E-state index contributed by atoms with van der Waals surface area (Å²) in [5.41, 5.74) is 7.88. The van der Waals surface area contributed by atoms with Crippen molar-refractivity contribution in [1.82, 2.24) is 20.4 Å². The molecular formula is C28H23N5O5. The number of hydrazine groups is 1. The number of aromatic nitrogens is 3. The number of anilines is 1. The van der Waals surface area contributed by atoms with Gasteiger partial charge in [-0.25, -0.2) is 14.8 Å². The second-order valence-corrected chi connectivity index (χ2v) is 8.39. The molecule has 0 saturated heterocycles. The number of rotatable bonds is 6. The number of para-hydroxylation sites is 2. The van der Waals surface area contributed by atoms with Gasteiger partial charge in [0.05, 0.1) is 36.7 Å². The van der Waals surface area contributed by atoms with Crippen LogP contribution in [0.5, 0.6) is 5.75 Å². The number of nitrogens with zero attached hydrogens (tertiary/aromatic N) is 2. The number of esters is 1. The lowest BCUT2D eigenvalue weighted by Crippen LogP contribution is -2.31. The van der Waals surface area contributed by atoms with Crippen molar-refractivity contribution in [3.8, 4) is 17.0 Å². The Kier molecular flexibility index (Phi) is 6.44. The van der Waals surface area contributed by atoms with E-state index in [1.54, 1.807) is 67.6 Å². The Labute approximate surface area is 216 Å². The van der Waals surface area contributed by atoms with Crippen LogP contribution in [0.2, 0.25) is 0 Å². The second kappa shape index (κ2) is 10.0. The summed E-state index contributed by atoms with van der Waals surface area (Å²) in [7, 11) is 2.82. The number of methoxy groups -OCH3 is 2. The molecule has 1 amide bonds. The van der Waals surface area contributed by atoms with Crippen LogP contribution in [-0.4, -0.2) is 41.0 Å². The van der Waals surface area contributed by atoms with Crippen LogP contribution in [0.3, 0.4) is 0 Å². The Morgan fingerprint density at radius 1 is 0.921 bits per heavy atom. The number of carbonyl (C=O) groups excluding carboxylic acids is 2. The predicted octanol–water partition coefficient (Wildman–Crippen LogP) is 4.00. The van der Waals surface area contributed by atoms with Crippen LogP contribution in [-0.2, 0) is 4.74 Å². The van der Waals surface area contributed by atoms with Crippen LogP contribution >= 0.6 is 0 Å². The molecule has 2 heterocycles. The van der Waals surface area contributed by atoms with Gasteiger partial charge in [-0.15, -0.1) is 0 Å². The van der Waals surface area contributed by atoms with E-state index in [2.05, 4.69) is 25.8 Å². The highest BCUT2D eigenvalue weighted by atomic mass is 16.5. The largest absolute Gasteiger partial charge is 0.497 e. The van der Waals surface area contributed by atoms with Crippen molar-refractivity contribution >= 4 is 39.6 Å². The van der Waals surface area contributed by atoms with Gasteiger partial charge in [-0.05, 0) is 43.3 Å². The number of amides is 1. The maximum atomic E-state index is 13.2. The Hall–Kier alpha value is -5.25. The summed E-state index contributed by atoms with van der Waals surface area (Å²) in [5, 5.41) is 0.932. The van der Waals surface area contributed by atoms with Crippen LogP contribution < -0.4 is 21.0 Å². The number of hydrogen-bond donors (Lipinski definition) is 3. The van der Waals surface area contributed by atoms with Crippen molar-refractivity contribution < 1.29 is 19.1 Å². The third kappa shape index (κ3) is 4.39. The summed E-state index contributed by atoms with van der Waals surface area (Å²) in [5.74, 6) is -0.471. The lowest BCUT2D eigenvalue weighted by atomic mass is 10.0. The first-order valence-corrected chi connectivity index (χ1v) is 11.6. The smallest absolute Gasteiger partial charge is 0.341 e. The molecule has 0 fully saturated rings. The predicted molar refractivity (Wildman–Crippen MR) is 143 cm³/mol. The summed E-state index contributed by atoms with van der Waals surface area (Å²) >= 11 is 0. The van der Waals surface area contributed by atoms with Gasteiger partial charge in [-0.2, -0.15) is 0 Å². The maximum Gasteiger partial charge on any atom is 0.341 e. The highest BCUT2D eigenvalue weighted by Gasteiger charge is 2.22. The van der Waals surface area contributed by atoms with Gasteiger partial charge < -0.3 is 14.5 Å². The average Bonchev–Trinajstić information content (AvgIpc) is 2.95. The first-order valence-electron chi connectivity index (χ1n) is 11.6. The van der Waals surface area contributed by atoms with Crippen LogP contribution in [0.4, 0.5) is 5.95 Å². The van der Waals surface area contributed by atoms with Crippen molar-refractivity contribution in [3.63, 3.8) is 0 Å². The zero-order valence-electron chi connectivity index (χ0n) is 20.8. The van der Waals surface area contributed by atoms with Gasteiger partial charge in [-0.1, -0.05) is 30.3 Å². The molecule has 10 heteroatoms. The molecule has 3 N–H and O–H groups in total. The van der Waals surface area contributed by atoms with E-state index >= 15 is 0 Å². The molecule has 3 aromatic carbocycles. The van der Waals surface area contributed by atoms with Gasteiger partial charge in [0, 0.05) is 21.9 Å². The number of carbonyl (C=O) groups is 2. The van der Waals surface area contributed by atoms with E-state index in [4.69, 9.17) is 9.47 Å². The summed E-state index contributed by atoms with van der Waals surface area (Å²) in [6.45, 7) is 1.64. The van der Waals surface area contributed by atoms with Crippen LogP contribution in [0.15, 0.2) is 71.5 Å². The summed E-state index contributed by atoms with van der Waals surface area (Å²) in [6, 6.07) is 19.1. The Morgan fingerprint density at radius 2 is 1.68 bits per heavy atom. The monoisotopic (exact) mass is 509 g/mol. The van der Waals surface area contributed by atoms with Gasteiger partial charge in [-0.3, -0.25) is 20.4 Å². The molecule has 5 aromatic rings. The third-order valence-corrected chi connectivity index (χ3v) is 6.10. The fraction of sp³-hybridized carbons (Fsp3) is 0.107. The zero-order chi connectivity index (χ0) is 26.8. The molecule has 2 aromatic heterocycles. The highest BCUT2D eigenvalue weighted by Crippen LogP contribution is 2.28. The molecule has 0 radical (unpaired) electrons. The normalized spacial score (nSPS) is 10.8.